The number of hydrogen-bond donors (Lipinski definition) is 2. The van der Waals surface area contributed by atoms with Crippen LogP contribution >= 0.6 is 0 Å². The van der Waals surface area contributed by atoms with Crippen molar-refractivity contribution in [1.82, 2.24) is 10.3 Å². The van der Waals surface area contributed by atoms with Gasteiger partial charge in [0, 0.05) is 22.9 Å². The minimum atomic E-state index is -0.165. The van der Waals surface area contributed by atoms with Crippen LogP contribution in [0.1, 0.15) is 34.5 Å². The van der Waals surface area contributed by atoms with Crippen molar-refractivity contribution in [2.24, 2.45) is 0 Å². The molecule has 0 fully saturated rings. The molecule has 1 amide bonds. The van der Waals surface area contributed by atoms with Crippen LogP contribution < -0.4 is 20.5 Å². The van der Waals surface area contributed by atoms with E-state index in [1.165, 1.54) is 0 Å². The highest BCUT2D eigenvalue weighted by molar-refractivity contribution is 5.96. The molecule has 1 aromatic heterocycles. The van der Waals surface area contributed by atoms with Crippen molar-refractivity contribution in [3.8, 4) is 22.6 Å². The van der Waals surface area contributed by atoms with E-state index in [1.807, 2.05) is 43.3 Å². The number of carbonyl (C=O) groups excluding carboxylic acids is 1. The first-order valence-corrected chi connectivity index (χ1v) is 9.01. The van der Waals surface area contributed by atoms with Crippen molar-refractivity contribution >= 4 is 11.7 Å². The number of nitrogens with one attached hydrogen (secondary N) is 1. The highest BCUT2D eigenvalue weighted by Gasteiger charge is 2.20. The van der Waals surface area contributed by atoms with Gasteiger partial charge < -0.3 is 20.5 Å². The molecule has 28 heavy (non-hydrogen) atoms. The maximum absolute atomic E-state index is 12.7. The van der Waals surface area contributed by atoms with Crippen LogP contribution in [0.3, 0.4) is 0 Å². The molecule has 6 heteroatoms. The number of nitrogen functional groups attached to an aromatic ring is 1. The first-order valence-electron chi connectivity index (χ1n) is 9.01. The van der Waals surface area contributed by atoms with Crippen molar-refractivity contribution in [3.63, 3.8) is 0 Å². The minimum Gasteiger partial charge on any atom is -0.497 e. The summed E-state index contributed by atoms with van der Waals surface area (Å²) in [6.07, 6.45) is 1.73. The fourth-order valence-electron chi connectivity index (χ4n) is 3.30. The number of pyridine rings is 1. The zero-order chi connectivity index (χ0) is 19.7. The van der Waals surface area contributed by atoms with Crippen LogP contribution in [0.15, 0.2) is 54.7 Å². The van der Waals surface area contributed by atoms with Gasteiger partial charge in [-0.05, 0) is 54.4 Å². The van der Waals surface area contributed by atoms with E-state index < -0.39 is 0 Å². The van der Waals surface area contributed by atoms with Gasteiger partial charge in [0.1, 0.15) is 23.9 Å². The van der Waals surface area contributed by atoms with Crippen molar-refractivity contribution in [2.75, 3.05) is 12.8 Å². The fraction of sp³-hybridized carbons (Fsp3) is 0.182. The number of aromatic nitrogens is 1. The number of rotatable bonds is 4. The summed E-state index contributed by atoms with van der Waals surface area (Å²) in [6.45, 7) is 2.34. The Morgan fingerprint density at radius 1 is 1.21 bits per heavy atom. The minimum absolute atomic E-state index is 0.161. The third-order valence-electron chi connectivity index (χ3n) is 4.87. The monoisotopic (exact) mass is 375 g/mol. The lowest BCUT2D eigenvalue weighted by Crippen LogP contribution is -2.26. The molecule has 3 N–H and O–H groups in total. The highest BCUT2D eigenvalue weighted by Crippen LogP contribution is 2.38. The number of amides is 1. The highest BCUT2D eigenvalue weighted by atomic mass is 16.5. The number of hydrogen-bond acceptors (Lipinski definition) is 5. The number of methoxy groups -OCH3 is 1. The van der Waals surface area contributed by atoms with Crippen molar-refractivity contribution in [3.05, 3.63) is 71.4 Å². The summed E-state index contributed by atoms with van der Waals surface area (Å²) in [5.41, 5.74) is 10.2. The van der Waals surface area contributed by atoms with Crippen molar-refractivity contribution in [2.45, 2.75) is 19.6 Å². The van der Waals surface area contributed by atoms with Gasteiger partial charge in [-0.2, -0.15) is 0 Å². The van der Waals surface area contributed by atoms with Crippen LogP contribution in [-0.2, 0) is 6.61 Å². The molecule has 0 saturated heterocycles. The Hall–Kier alpha value is -3.54. The Labute approximate surface area is 163 Å². The van der Waals surface area contributed by atoms with E-state index >= 15 is 0 Å². The third kappa shape index (κ3) is 3.36. The van der Waals surface area contributed by atoms with E-state index in [1.54, 1.807) is 25.4 Å². The van der Waals surface area contributed by atoms with Gasteiger partial charge >= 0.3 is 0 Å². The lowest BCUT2D eigenvalue weighted by atomic mass is 9.97. The summed E-state index contributed by atoms with van der Waals surface area (Å²) in [4.78, 5) is 16.9. The van der Waals surface area contributed by atoms with E-state index in [0.29, 0.717) is 23.7 Å². The maximum atomic E-state index is 12.7. The lowest BCUT2D eigenvalue weighted by molar-refractivity contribution is 0.0939. The van der Waals surface area contributed by atoms with Crippen molar-refractivity contribution in [1.29, 1.82) is 0 Å². The summed E-state index contributed by atoms with van der Waals surface area (Å²) < 4.78 is 11.1. The number of anilines is 1. The molecule has 6 nitrogen and oxygen atoms in total. The topological polar surface area (TPSA) is 86.5 Å². The molecule has 1 unspecified atom stereocenters. The number of carbonyl (C=O) groups is 1. The molecule has 1 aliphatic heterocycles. The Bertz CT molecular complexity index is 1050. The van der Waals surface area contributed by atoms with Gasteiger partial charge in [-0.3, -0.25) is 4.79 Å². The smallest absolute Gasteiger partial charge is 0.251 e. The Morgan fingerprint density at radius 2 is 2.07 bits per heavy atom. The molecule has 0 saturated carbocycles. The summed E-state index contributed by atoms with van der Waals surface area (Å²) in [7, 11) is 1.62. The lowest BCUT2D eigenvalue weighted by Gasteiger charge is -2.21. The van der Waals surface area contributed by atoms with Gasteiger partial charge in [0.25, 0.3) is 5.91 Å². The SMILES string of the molecule is COc1cccc(C(C)NC(=O)c2ccc3c(c2)OCc2cnc(N)cc2-3)c1. The normalized spacial score (nSPS) is 12.9. The number of nitrogens with zero attached hydrogens (tertiary/aromatic N) is 1. The number of nitrogens with two attached hydrogens (primary N) is 1. The second-order valence-corrected chi connectivity index (χ2v) is 6.74. The number of fused-ring (bicyclic) bond motifs is 3. The number of benzene rings is 2. The zero-order valence-electron chi connectivity index (χ0n) is 15.7. The molecule has 1 aliphatic rings. The first-order chi connectivity index (χ1) is 13.5. The molecule has 1 atom stereocenters. The number of ether oxygens (including phenoxy) is 2. The average molecular weight is 375 g/mol. The Morgan fingerprint density at radius 3 is 2.89 bits per heavy atom. The first kappa shape index (κ1) is 17.9. The van der Waals surface area contributed by atoms with E-state index in [4.69, 9.17) is 15.2 Å². The van der Waals surface area contributed by atoms with E-state index in [0.717, 1.165) is 28.0 Å². The molecule has 2 aromatic carbocycles. The summed E-state index contributed by atoms with van der Waals surface area (Å²) in [5.74, 6) is 1.72. The van der Waals surface area contributed by atoms with Gasteiger partial charge in [-0.1, -0.05) is 12.1 Å². The molecule has 0 radical (unpaired) electrons. The Kier molecular flexibility index (Phi) is 4.61. The standard InChI is InChI=1S/C22H21N3O3/c1-13(14-4-3-5-17(8-14)27-2)25-22(26)15-6-7-18-19-10-21(23)24-11-16(19)12-28-20(18)9-15/h3-11,13H,12H2,1-2H3,(H2,23,24)(H,25,26). The van der Waals surface area contributed by atoms with Crippen LogP contribution in [0.4, 0.5) is 5.82 Å². The van der Waals surface area contributed by atoms with Crippen LogP contribution in [0, 0.1) is 0 Å². The van der Waals surface area contributed by atoms with Crippen LogP contribution in [0.5, 0.6) is 11.5 Å². The summed E-state index contributed by atoms with van der Waals surface area (Å²) in [6, 6.07) is 14.8. The molecule has 0 bridgehead atoms. The van der Waals surface area contributed by atoms with Gasteiger partial charge in [0.15, 0.2) is 0 Å². The van der Waals surface area contributed by atoms with Gasteiger partial charge in [0.05, 0.1) is 13.2 Å². The van der Waals surface area contributed by atoms with Crippen LogP contribution in [0.2, 0.25) is 0 Å². The third-order valence-corrected chi connectivity index (χ3v) is 4.87. The largest absolute Gasteiger partial charge is 0.497 e. The Balaban J connectivity index is 1.56. The second kappa shape index (κ2) is 7.23. The zero-order valence-corrected chi connectivity index (χ0v) is 15.7. The van der Waals surface area contributed by atoms with E-state index in [-0.39, 0.29) is 11.9 Å². The molecule has 4 rings (SSSR count). The van der Waals surface area contributed by atoms with Gasteiger partial charge in [0.2, 0.25) is 0 Å². The predicted octanol–water partition coefficient (Wildman–Crippen LogP) is 3.72. The van der Waals surface area contributed by atoms with Crippen LogP contribution in [0.25, 0.3) is 11.1 Å². The summed E-state index contributed by atoms with van der Waals surface area (Å²) >= 11 is 0. The molecular formula is C22H21N3O3. The second-order valence-electron chi connectivity index (χ2n) is 6.74. The predicted molar refractivity (Wildman–Crippen MR) is 107 cm³/mol. The molecule has 0 aliphatic carbocycles. The van der Waals surface area contributed by atoms with E-state index in [2.05, 4.69) is 10.3 Å². The average Bonchev–Trinajstić information content (AvgIpc) is 2.73. The van der Waals surface area contributed by atoms with Crippen LogP contribution in [-0.4, -0.2) is 18.0 Å². The quantitative estimate of drug-likeness (QED) is 0.726. The maximum Gasteiger partial charge on any atom is 0.251 e. The summed E-state index contributed by atoms with van der Waals surface area (Å²) in [5, 5.41) is 3.02. The molecule has 0 spiro atoms. The van der Waals surface area contributed by atoms with Gasteiger partial charge in [-0.15, -0.1) is 0 Å². The van der Waals surface area contributed by atoms with Gasteiger partial charge in [-0.25, -0.2) is 4.98 Å². The van der Waals surface area contributed by atoms with Crippen molar-refractivity contribution < 1.29 is 14.3 Å². The van der Waals surface area contributed by atoms with E-state index in [9.17, 15) is 4.79 Å². The molecular weight excluding hydrogens is 354 g/mol. The molecule has 2 heterocycles. The molecule has 3 aromatic rings. The fourth-order valence-corrected chi connectivity index (χ4v) is 3.30. The molecule has 142 valence electrons.